The first-order chi connectivity index (χ1) is 13.9. The van der Waals surface area contributed by atoms with Crippen molar-refractivity contribution in [1.29, 1.82) is 0 Å². The van der Waals surface area contributed by atoms with Crippen molar-refractivity contribution < 1.29 is 23.1 Å². The number of fused-ring (bicyclic) bond motifs is 1. The van der Waals surface area contributed by atoms with Crippen LogP contribution in [0.4, 0.5) is 8.78 Å². The Labute approximate surface area is 167 Å². The van der Waals surface area contributed by atoms with Gasteiger partial charge >= 0.3 is 5.97 Å². The molecule has 1 aromatic heterocycles. The number of aryl methyl sites for hydroxylation is 1. The summed E-state index contributed by atoms with van der Waals surface area (Å²) in [4.78, 5) is 24.6. The van der Waals surface area contributed by atoms with Crippen molar-refractivity contribution in [2.45, 2.75) is 39.0 Å². The number of carbonyl (C=O) groups is 2. The van der Waals surface area contributed by atoms with Crippen LogP contribution in [-0.4, -0.2) is 46.7 Å². The molecule has 0 bridgehead atoms. The highest BCUT2D eigenvalue weighted by molar-refractivity contribution is 5.73. The summed E-state index contributed by atoms with van der Waals surface area (Å²) in [5.74, 6) is -1.91. The van der Waals surface area contributed by atoms with Gasteiger partial charge in [-0.15, -0.1) is 0 Å². The fourth-order valence-electron chi connectivity index (χ4n) is 3.64. The topological polar surface area (TPSA) is 72.4 Å². The van der Waals surface area contributed by atoms with Gasteiger partial charge in [0, 0.05) is 26.3 Å². The van der Waals surface area contributed by atoms with Gasteiger partial charge in [0.25, 0.3) is 0 Å². The van der Waals surface area contributed by atoms with Crippen LogP contribution in [0.5, 0.6) is 0 Å². The number of hydrogen-bond acceptors (Lipinski definition) is 5. The van der Waals surface area contributed by atoms with Crippen LogP contribution in [0.2, 0.25) is 0 Å². The molecule has 29 heavy (non-hydrogen) atoms. The van der Waals surface area contributed by atoms with Gasteiger partial charge in [0.1, 0.15) is 18.2 Å². The summed E-state index contributed by atoms with van der Waals surface area (Å²) < 4.78 is 33.1. The monoisotopic (exact) mass is 403 g/mol. The highest BCUT2D eigenvalue weighted by Gasteiger charge is 2.27. The van der Waals surface area contributed by atoms with Gasteiger partial charge in [-0.1, -0.05) is 6.07 Å². The van der Waals surface area contributed by atoms with Crippen molar-refractivity contribution in [3.05, 3.63) is 47.2 Å². The molecule has 3 rings (SSSR count). The molecule has 0 aliphatic heterocycles. The van der Waals surface area contributed by atoms with E-state index in [1.165, 1.54) is 32.0 Å². The van der Waals surface area contributed by atoms with Crippen molar-refractivity contribution >= 4 is 11.9 Å². The number of benzene rings is 1. The maximum Gasteiger partial charge on any atom is 0.302 e. The second-order valence-electron chi connectivity index (χ2n) is 7.13. The lowest BCUT2D eigenvalue weighted by Gasteiger charge is -2.30. The molecule has 1 amide bonds. The molecule has 2 aromatic rings. The molecule has 154 valence electrons. The number of nitrogens with zero attached hydrogens (tertiary/aromatic N) is 3. The Morgan fingerprint density at radius 3 is 2.59 bits per heavy atom. The van der Waals surface area contributed by atoms with Crippen LogP contribution in [0, 0.1) is 11.6 Å². The third kappa shape index (κ3) is 4.93. The Balaban J connectivity index is 1.81. The molecule has 6 nitrogen and oxygen atoms in total. The number of amides is 1. The van der Waals surface area contributed by atoms with Gasteiger partial charge in [0.15, 0.2) is 0 Å². The van der Waals surface area contributed by atoms with Crippen LogP contribution in [0.15, 0.2) is 24.3 Å². The summed E-state index contributed by atoms with van der Waals surface area (Å²) in [6.07, 6.45) is 2.43. The highest BCUT2D eigenvalue weighted by atomic mass is 19.1. The number of ether oxygens (including phenoxy) is 1. The Morgan fingerprint density at radius 2 is 1.93 bits per heavy atom. The van der Waals surface area contributed by atoms with Crippen LogP contribution in [0.1, 0.15) is 43.9 Å². The summed E-state index contributed by atoms with van der Waals surface area (Å²) in [5, 5.41) is 8.34. The molecule has 1 aromatic carbocycles. The smallest absolute Gasteiger partial charge is 0.302 e. The normalized spacial score (nSPS) is 15.5. The Hall–Kier alpha value is -2.90. The van der Waals surface area contributed by atoms with E-state index in [1.54, 1.807) is 11.0 Å². The first kappa shape index (κ1) is 20.8. The number of aromatic nitrogens is 2. The van der Waals surface area contributed by atoms with Crippen LogP contribution in [0.3, 0.4) is 0 Å². The van der Waals surface area contributed by atoms with Crippen molar-refractivity contribution in [2.75, 3.05) is 19.7 Å². The fraction of sp³-hybridized carbons (Fsp3) is 0.429. The molecule has 0 radical (unpaired) electrons. The van der Waals surface area contributed by atoms with E-state index in [1.807, 2.05) is 0 Å². The second-order valence-corrected chi connectivity index (χ2v) is 7.13. The first-order valence-electron chi connectivity index (χ1n) is 9.56. The van der Waals surface area contributed by atoms with Crippen LogP contribution < -0.4 is 0 Å². The predicted octanol–water partition coefficient (Wildman–Crippen LogP) is 3.25. The predicted molar refractivity (Wildman–Crippen MR) is 102 cm³/mol. The molecule has 0 fully saturated rings. The fourth-order valence-corrected chi connectivity index (χ4v) is 3.64. The standard InChI is InChI=1S/C21H23F2N3O3/c1-13(27)26(9-10-29-14(2)28)12-16-6-3-5-15-11-19(24-25-21(15)16)20-17(22)7-4-8-18(20)23/h4,7-8,11,16H,3,5-6,9-10,12H2,1-2H3. The lowest BCUT2D eigenvalue weighted by Crippen LogP contribution is -2.37. The van der Waals surface area contributed by atoms with E-state index < -0.39 is 17.6 Å². The van der Waals surface area contributed by atoms with Gasteiger partial charge in [-0.25, -0.2) is 8.78 Å². The zero-order valence-corrected chi connectivity index (χ0v) is 16.5. The summed E-state index contributed by atoms with van der Waals surface area (Å²) in [6.45, 7) is 3.64. The summed E-state index contributed by atoms with van der Waals surface area (Å²) in [6, 6.07) is 5.38. The van der Waals surface area contributed by atoms with Crippen molar-refractivity contribution in [1.82, 2.24) is 15.1 Å². The number of hydrogen-bond donors (Lipinski definition) is 0. The summed E-state index contributed by atoms with van der Waals surface area (Å²) >= 11 is 0. The van der Waals surface area contributed by atoms with Gasteiger partial charge in [-0.3, -0.25) is 9.59 Å². The van der Waals surface area contributed by atoms with E-state index in [-0.39, 0.29) is 29.7 Å². The zero-order valence-electron chi connectivity index (χ0n) is 16.5. The second kappa shape index (κ2) is 9.07. The van der Waals surface area contributed by atoms with E-state index in [0.717, 1.165) is 30.5 Å². The Bertz CT molecular complexity index is 900. The van der Waals surface area contributed by atoms with Crippen molar-refractivity contribution in [2.24, 2.45) is 0 Å². The van der Waals surface area contributed by atoms with Gasteiger partial charge < -0.3 is 9.64 Å². The molecule has 0 saturated carbocycles. The molecular weight excluding hydrogens is 380 g/mol. The average Bonchev–Trinajstić information content (AvgIpc) is 2.66. The largest absolute Gasteiger partial charge is 0.464 e. The first-order valence-corrected chi connectivity index (χ1v) is 9.56. The number of halogens is 2. The molecule has 1 atom stereocenters. The highest BCUT2D eigenvalue weighted by Crippen LogP contribution is 2.33. The van der Waals surface area contributed by atoms with E-state index in [4.69, 9.17) is 4.74 Å². The van der Waals surface area contributed by atoms with E-state index in [0.29, 0.717) is 13.1 Å². The quantitative estimate of drug-likeness (QED) is 0.693. The average molecular weight is 403 g/mol. The van der Waals surface area contributed by atoms with Gasteiger partial charge in [0.05, 0.1) is 23.5 Å². The van der Waals surface area contributed by atoms with Crippen molar-refractivity contribution in [3.63, 3.8) is 0 Å². The maximum absolute atomic E-state index is 14.1. The number of esters is 1. The molecular formula is C21H23F2N3O3. The molecule has 1 aliphatic carbocycles. The molecule has 8 heteroatoms. The van der Waals surface area contributed by atoms with Crippen LogP contribution >= 0.6 is 0 Å². The van der Waals surface area contributed by atoms with Gasteiger partial charge in [-0.05, 0) is 43.0 Å². The minimum absolute atomic E-state index is 0.0352. The lowest BCUT2D eigenvalue weighted by atomic mass is 9.86. The van der Waals surface area contributed by atoms with Crippen molar-refractivity contribution in [3.8, 4) is 11.3 Å². The number of carbonyl (C=O) groups excluding carboxylic acids is 2. The lowest BCUT2D eigenvalue weighted by molar-refractivity contribution is -0.143. The summed E-state index contributed by atoms with van der Waals surface area (Å²) in [7, 11) is 0. The Kier molecular flexibility index (Phi) is 6.51. The number of rotatable bonds is 6. The molecule has 0 saturated heterocycles. The molecule has 0 spiro atoms. The molecule has 1 heterocycles. The van der Waals surface area contributed by atoms with Gasteiger partial charge in [0.2, 0.25) is 5.91 Å². The third-order valence-electron chi connectivity index (χ3n) is 5.06. The van der Waals surface area contributed by atoms with Gasteiger partial charge in [-0.2, -0.15) is 10.2 Å². The minimum Gasteiger partial charge on any atom is -0.464 e. The van der Waals surface area contributed by atoms with E-state index in [2.05, 4.69) is 10.2 Å². The maximum atomic E-state index is 14.1. The zero-order chi connectivity index (χ0) is 21.0. The molecule has 0 N–H and O–H groups in total. The third-order valence-corrected chi connectivity index (χ3v) is 5.06. The van der Waals surface area contributed by atoms with Crippen LogP contribution in [0.25, 0.3) is 11.3 Å². The van der Waals surface area contributed by atoms with Crippen LogP contribution in [-0.2, 0) is 20.7 Å². The van der Waals surface area contributed by atoms with E-state index >= 15 is 0 Å². The molecule has 1 aliphatic rings. The molecule has 1 unspecified atom stereocenters. The summed E-state index contributed by atoms with van der Waals surface area (Å²) in [5.41, 5.74) is 1.61. The van der Waals surface area contributed by atoms with E-state index in [9.17, 15) is 18.4 Å². The minimum atomic E-state index is -0.681. The Morgan fingerprint density at radius 1 is 1.21 bits per heavy atom. The SMILES string of the molecule is CC(=O)OCCN(CC1CCCc2cc(-c3c(F)cccc3F)nnc21)C(C)=O.